The van der Waals surface area contributed by atoms with Gasteiger partial charge in [-0.15, -0.1) is 0 Å². The number of benzene rings is 1. The Morgan fingerprint density at radius 1 is 1.50 bits per heavy atom. The van der Waals surface area contributed by atoms with Gasteiger partial charge in [0.25, 0.3) is 0 Å². The zero-order chi connectivity index (χ0) is 11.7. The number of rotatable bonds is 2. The van der Waals surface area contributed by atoms with Crippen LogP contribution < -0.4 is 4.90 Å². The second-order valence-corrected chi connectivity index (χ2v) is 4.81. The average molecular weight is 238 g/mol. The molecule has 86 valence electrons. The Hall–Kier alpha value is -1.02. The van der Waals surface area contributed by atoms with Crippen molar-refractivity contribution in [2.45, 2.75) is 32.7 Å². The van der Waals surface area contributed by atoms with E-state index in [1.54, 1.807) is 0 Å². The van der Waals surface area contributed by atoms with Crippen LogP contribution in [0.5, 0.6) is 0 Å². The molecule has 0 saturated heterocycles. The summed E-state index contributed by atoms with van der Waals surface area (Å²) in [4.78, 5) is 13.1. The predicted molar refractivity (Wildman–Crippen MR) is 67.4 cm³/mol. The number of fused-ring (bicyclic) bond motifs is 1. The fraction of sp³-hybridized carbons (Fsp3) is 0.462. The summed E-state index contributed by atoms with van der Waals surface area (Å²) < 4.78 is 0. The van der Waals surface area contributed by atoms with Crippen LogP contribution in [0.15, 0.2) is 12.1 Å². The maximum absolute atomic E-state index is 10.9. The van der Waals surface area contributed by atoms with E-state index < -0.39 is 0 Å². The molecule has 1 atom stereocenters. The predicted octanol–water partition coefficient (Wildman–Crippen LogP) is 2.99. The number of aldehydes is 1. The van der Waals surface area contributed by atoms with Crippen molar-refractivity contribution in [1.29, 1.82) is 0 Å². The lowest BCUT2D eigenvalue weighted by Crippen LogP contribution is -2.38. The van der Waals surface area contributed by atoms with Gasteiger partial charge in [-0.3, -0.25) is 0 Å². The van der Waals surface area contributed by atoms with Crippen LogP contribution >= 0.6 is 11.6 Å². The van der Waals surface area contributed by atoms with E-state index in [0.29, 0.717) is 0 Å². The largest absolute Gasteiger partial charge is 0.362 e. The fourth-order valence-corrected chi connectivity index (χ4v) is 2.42. The summed E-state index contributed by atoms with van der Waals surface area (Å²) in [6.45, 7) is 4.89. The highest BCUT2D eigenvalue weighted by atomic mass is 35.5. The summed E-state index contributed by atoms with van der Waals surface area (Å²) in [6, 6.07) is 4.08. The van der Waals surface area contributed by atoms with Crippen molar-refractivity contribution in [1.82, 2.24) is 0 Å². The first-order chi connectivity index (χ1) is 7.63. The molecule has 0 spiro atoms. The smallest absolute Gasteiger partial charge is 0.142 e. The first-order valence-electron chi connectivity index (χ1n) is 5.64. The van der Waals surface area contributed by atoms with Gasteiger partial charge in [-0.25, -0.2) is 0 Å². The third-order valence-corrected chi connectivity index (χ3v) is 3.61. The van der Waals surface area contributed by atoms with Crippen LogP contribution in [0.4, 0.5) is 5.69 Å². The van der Waals surface area contributed by atoms with Crippen molar-refractivity contribution in [2.24, 2.45) is 0 Å². The summed E-state index contributed by atoms with van der Waals surface area (Å²) in [5.41, 5.74) is 3.51. The third-order valence-electron chi connectivity index (χ3n) is 3.20. The molecule has 1 aliphatic rings. The normalized spacial score (nSPS) is 16.8. The lowest BCUT2D eigenvalue weighted by molar-refractivity contribution is -0.108. The monoisotopic (exact) mass is 237 g/mol. The molecule has 2 nitrogen and oxygen atoms in total. The minimum Gasteiger partial charge on any atom is -0.362 e. The molecule has 0 aromatic heterocycles. The van der Waals surface area contributed by atoms with Crippen molar-refractivity contribution in [3.63, 3.8) is 0 Å². The number of hydrogen-bond acceptors (Lipinski definition) is 2. The quantitative estimate of drug-likeness (QED) is 0.737. The maximum atomic E-state index is 10.9. The highest BCUT2D eigenvalue weighted by Crippen LogP contribution is 2.32. The number of nitrogens with zero attached hydrogens (tertiary/aromatic N) is 1. The first kappa shape index (κ1) is 11.5. The van der Waals surface area contributed by atoms with Gasteiger partial charge in [-0.05, 0) is 49.9 Å². The van der Waals surface area contributed by atoms with Gasteiger partial charge >= 0.3 is 0 Å². The van der Waals surface area contributed by atoms with E-state index in [-0.39, 0.29) is 6.04 Å². The minimum absolute atomic E-state index is 0.0559. The van der Waals surface area contributed by atoms with Crippen LogP contribution in [0.2, 0.25) is 5.02 Å². The summed E-state index contributed by atoms with van der Waals surface area (Å²) in [7, 11) is 0. The van der Waals surface area contributed by atoms with Crippen molar-refractivity contribution in [3.05, 3.63) is 28.3 Å². The number of carbonyl (C=O) groups excluding carboxylic acids is 1. The number of halogens is 1. The minimum atomic E-state index is -0.0559. The van der Waals surface area contributed by atoms with E-state index in [1.165, 1.54) is 11.3 Å². The Bertz CT molecular complexity index is 417. The summed E-state index contributed by atoms with van der Waals surface area (Å²) in [5.74, 6) is 0. The van der Waals surface area contributed by atoms with Crippen LogP contribution in [0.3, 0.4) is 0 Å². The molecule has 1 unspecified atom stereocenters. The summed E-state index contributed by atoms with van der Waals surface area (Å²) >= 11 is 6.12. The molecule has 2 rings (SSSR count). The standard InChI is InChI=1S/C13H16ClNO/c1-9-6-13-11(7-12(9)14)4-3-5-15(13)10(2)8-16/h6-8,10H,3-5H2,1-2H3. The van der Waals surface area contributed by atoms with Gasteiger partial charge in [0.2, 0.25) is 0 Å². The van der Waals surface area contributed by atoms with Crippen molar-refractivity contribution in [3.8, 4) is 0 Å². The SMILES string of the molecule is Cc1cc2c(cc1Cl)CCCN2C(C)C=O. The maximum Gasteiger partial charge on any atom is 0.142 e. The molecular formula is C13H16ClNO. The number of hydrogen-bond donors (Lipinski definition) is 0. The van der Waals surface area contributed by atoms with E-state index in [4.69, 9.17) is 11.6 Å². The second-order valence-electron chi connectivity index (χ2n) is 4.40. The Kier molecular flexibility index (Phi) is 3.20. The molecule has 0 amide bonds. The lowest BCUT2D eigenvalue weighted by atomic mass is 9.98. The van der Waals surface area contributed by atoms with E-state index in [0.717, 1.165) is 36.3 Å². The van der Waals surface area contributed by atoms with Gasteiger partial charge in [0, 0.05) is 17.3 Å². The van der Waals surface area contributed by atoms with E-state index in [1.807, 2.05) is 19.9 Å². The molecule has 3 heteroatoms. The van der Waals surface area contributed by atoms with Gasteiger partial charge in [0.15, 0.2) is 0 Å². The van der Waals surface area contributed by atoms with Crippen LogP contribution in [-0.2, 0) is 11.2 Å². The Balaban J connectivity index is 2.45. The molecule has 1 aromatic carbocycles. The van der Waals surface area contributed by atoms with Crippen LogP contribution in [0.25, 0.3) is 0 Å². The van der Waals surface area contributed by atoms with Crippen molar-refractivity contribution >= 4 is 23.6 Å². The highest BCUT2D eigenvalue weighted by molar-refractivity contribution is 6.31. The molecule has 0 fully saturated rings. The van der Waals surface area contributed by atoms with Crippen molar-refractivity contribution < 1.29 is 4.79 Å². The topological polar surface area (TPSA) is 20.3 Å². The molecule has 0 aliphatic carbocycles. The molecule has 1 aromatic rings. The zero-order valence-electron chi connectivity index (χ0n) is 9.66. The number of carbonyl (C=O) groups is 1. The van der Waals surface area contributed by atoms with Crippen LogP contribution in [0, 0.1) is 6.92 Å². The van der Waals surface area contributed by atoms with E-state index >= 15 is 0 Å². The number of anilines is 1. The molecule has 0 bridgehead atoms. The molecule has 16 heavy (non-hydrogen) atoms. The molecular weight excluding hydrogens is 222 g/mol. The Morgan fingerprint density at radius 2 is 2.25 bits per heavy atom. The number of aryl methyl sites for hydroxylation is 2. The third kappa shape index (κ3) is 1.94. The summed E-state index contributed by atoms with van der Waals surface area (Å²) in [5, 5.41) is 0.819. The lowest BCUT2D eigenvalue weighted by Gasteiger charge is -2.34. The average Bonchev–Trinajstić information content (AvgIpc) is 2.29. The van der Waals surface area contributed by atoms with E-state index in [9.17, 15) is 4.79 Å². The van der Waals surface area contributed by atoms with Crippen LogP contribution in [-0.4, -0.2) is 18.9 Å². The molecule has 0 saturated carbocycles. The molecule has 1 aliphatic heterocycles. The Morgan fingerprint density at radius 3 is 2.94 bits per heavy atom. The first-order valence-corrected chi connectivity index (χ1v) is 6.02. The molecule has 0 N–H and O–H groups in total. The molecule has 1 heterocycles. The second kappa shape index (κ2) is 4.46. The molecule has 0 radical (unpaired) electrons. The van der Waals surface area contributed by atoms with Crippen molar-refractivity contribution in [2.75, 3.05) is 11.4 Å². The zero-order valence-corrected chi connectivity index (χ0v) is 10.4. The van der Waals surface area contributed by atoms with Gasteiger partial charge < -0.3 is 9.69 Å². The van der Waals surface area contributed by atoms with E-state index in [2.05, 4.69) is 11.0 Å². The fourth-order valence-electron chi connectivity index (χ4n) is 2.23. The van der Waals surface area contributed by atoms with Gasteiger partial charge in [0.1, 0.15) is 6.29 Å². The van der Waals surface area contributed by atoms with Gasteiger partial charge in [0.05, 0.1) is 6.04 Å². The highest BCUT2D eigenvalue weighted by Gasteiger charge is 2.21. The van der Waals surface area contributed by atoms with Crippen LogP contribution in [0.1, 0.15) is 24.5 Å². The Labute approximate surface area is 101 Å². The van der Waals surface area contributed by atoms with Gasteiger partial charge in [-0.2, -0.15) is 0 Å². The van der Waals surface area contributed by atoms with Gasteiger partial charge in [-0.1, -0.05) is 11.6 Å². The summed E-state index contributed by atoms with van der Waals surface area (Å²) in [6.07, 6.45) is 3.14.